The second-order valence-electron chi connectivity index (χ2n) is 6.15. The van der Waals surface area contributed by atoms with Gasteiger partial charge in [-0.05, 0) is 31.9 Å². The van der Waals surface area contributed by atoms with Crippen molar-refractivity contribution < 1.29 is 22.7 Å². The molecule has 25 heavy (non-hydrogen) atoms. The molecule has 0 aliphatic carbocycles. The van der Waals surface area contributed by atoms with Crippen LogP contribution >= 0.6 is 0 Å². The lowest BCUT2D eigenvalue weighted by Crippen LogP contribution is -2.44. The van der Waals surface area contributed by atoms with Crippen LogP contribution in [0.5, 0.6) is 0 Å². The summed E-state index contributed by atoms with van der Waals surface area (Å²) in [6.45, 7) is 2.30. The van der Waals surface area contributed by atoms with Gasteiger partial charge in [0, 0.05) is 18.7 Å². The molecule has 3 rings (SSSR count). The number of likely N-dealkylation sites (tertiary alicyclic amines) is 1. The minimum atomic E-state index is -3.70. The van der Waals surface area contributed by atoms with E-state index in [4.69, 9.17) is 10.5 Å². The molecule has 9 heteroatoms. The first-order chi connectivity index (χ1) is 11.8. The molecule has 8 nitrogen and oxygen atoms in total. The highest BCUT2D eigenvalue weighted by Gasteiger charge is 2.36. The van der Waals surface area contributed by atoms with Gasteiger partial charge >= 0.3 is 5.97 Å². The molecule has 2 atom stereocenters. The van der Waals surface area contributed by atoms with Gasteiger partial charge in [-0.2, -0.15) is 8.42 Å². The summed E-state index contributed by atoms with van der Waals surface area (Å²) < 4.78 is 33.3. The Kier molecular flexibility index (Phi) is 4.51. The standard InChI is InChI=1S/C16H19N3O5S/c1-10(14(17)20)24-16(21)11-5-4-8-19(9-11)15-12-6-2-3-7-13(12)25(22,23)18-15/h2-3,6-7,10-11H,4-5,8-9H2,1H3,(H2,17,20)/t10-,11-/m1/s1. The van der Waals surface area contributed by atoms with Crippen LogP contribution in [0.1, 0.15) is 25.3 Å². The largest absolute Gasteiger partial charge is 0.452 e. The molecule has 1 amide bonds. The number of benzene rings is 1. The fourth-order valence-electron chi connectivity index (χ4n) is 3.01. The third kappa shape index (κ3) is 3.37. The number of primary amides is 1. The zero-order valence-electron chi connectivity index (χ0n) is 13.7. The SMILES string of the molecule is C[C@@H](OC(=O)[C@@H]1CCCN(C2=NS(=O)(=O)c3ccccc32)C1)C(N)=O. The summed E-state index contributed by atoms with van der Waals surface area (Å²) in [4.78, 5) is 25.2. The number of nitrogens with zero attached hydrogens (tertiary/aromatic N) is 2. The van der Waals surface area contributed by atoms with Gasteiger partial charge in [0.25, 0.3) is 15.9 Å². The molecule has 2 aliphatic heterocycles. The number of amides is 1. The van der Waals surface area contributed by atoms with Crippen molar-refractivity contribution in [1.29, 1.82) is 0 Å². The number of piperidine rings is 1. The summed E-state index contributed by atoms with van der Waals surface area (Å²) >= 11 is 0. The number of carbonyl (C=O) groups is 2. The number of fused-ring (bicyclic) bond motifs is 1. The van der Waals surface area contributed by atoms with Crippen LogP contribution in [0.25, 0.3) is 0 Å². The van der Waals surface area contributed by atoms with Crippen molar-refractivity contribution in [3.05, 3.63) is 29.8 Å². The molecule has 1 aromatic carbocycles. The predicted octanol–water partition coefficient (Wildman–Crippen LogP) is 0.265. The molecule has 0 spiro atoms. The number of rotatable bonds is 3. The van der Waals surface area contributed by atoms with Crippen LogP contribution in [0, 0.1) is 5.92 Å². The second-order valence-corrected chi connectivity index (χ2v) is 7.73. The summed E-state index contributed by atoms with van der Waals surface area (Å²) in [7, 11) is -3.70. The van der Waals surface area contributed by atoms with Gasteiger partial charge in [-0.15, -0.1) is 4.40 Å². The molecule has 1 fully saturated rings. The van der Waals surface area contributed by atoms with Crippen LogP contribution in [-0.4, -0.2) is 50.2 Å². The van der Waals surface area contributed by atoms with Crippen molar-refractivity contribution in [2.75, 3.05) is 13.1 Å². The lowest BCUT2D eigenvalue weighted by atomic mass is 9.97. The smallest absolute Gasteiger partial charge is 0.311 e. The highest BCUT2D eigenvalue weighted by molar-refractivity contribution is 7.90. The zero-order chi connectivity index (χ0) is 18.2. The Morgan fingerprint density at radius 3 is 2.80 bits per heavy atom. The van der Waals surface area contributed by atoms with Gasteiger partial charge in [0.15, 0.2) is 11.9 Å². The molecule has 1 saturated heterocycles. The van der Waals surface area contributed by atoms with Crippen LogP contribution in [0.4, 0.5) is 0 Å². The number of hydrogen-bond acceptors (Lipinski definition) is 6. The maximum absolute atomic E-state index is 12.2. The monoisotopic (exact) mass is 365 g/mol. The lowest BCUT2D eigenvalue weighted by molar-refractivity contribution is -0.159. The van der Waals surface area contributed by atoms with Crippen molar-refractivity contribution in [3.63, 3.8) is 0 Å². The molecular weight excluding hydrogens is 346 g/mol. The Balaban J connectivity index is 1.79. The minimum absolute atomic E-state index is 0.178. The molecule has 134 valence electrons. The number of esters is 1. The molecule has 2 aliphatic rings. The summed E-state index contributed by atoms with van der Waals surface area (Å²) in [5, 5.41) is 0. The van der Waals surface area contributed by atoms with E-state index in [1.807, 2.05) is 0 Å². The molecule has 0 aromatic heterocycles. The number of ether oxygens (including phenoxy) is 1. The van der Waals surface area contributed by atoms with Crippen molar-refractivity contribution in [2.45, 2.75) is 30.8 Å². The Bertz CT molecular complexity index is 849. The average Bonchev–Trinajstić information content (AvgIpc) is 2.87. The normalized spacial score (nSPS) is 22.7. The topological polar surface area (TPSA) is 119 Å². The van der Waals surface area contributed by atoms with E-state index in [9.17, 15) is 18.0 Å². The van der Waals surface area contributed by atoms with Crippen molar-refractivity contribution in [1.82, 2.24) is 4.90 Å². The Hall–Kier alpha value is -2.42. The quantitative estimate of drug-likeness (QED) is 0.768. The second kappa shape index (κ2) is 6.47. The highest BCUT2D eigenvalue weighted by atomic mass is 32.2. The lowest BCUT2D eigenvalue weighted by Gasteiger charge is -2.33. The number of amidine groups is 1. The zero-order valence-corrected chi connectivity index (χ0v) is 14.5. The maximum atomic E-state index is 12.2. The van der Waals surface area contributed by atoms with Crippen LogP contribution in [0.3, 0.4) is 0 Å². The minimum Gasteiger partial charge on any atom is -0.452 e. The van der Waals surface area contributed by atoms with Crippen molar-refractivity contribution >= 4 is 27.7 Å². The maximum Gasteiger partial charge on any atom is 0.311 e. The molecule has 0 bridgehead atoms. The van der Waals surface area contributed by atoms with Crippen molar-refractivity contribution in [3.8, 4) is 0 Å². The summed E-state index contributed by atoms with van der Waals surface area (Å²) in [5.74, 6) is -1.32. The first kappa shape index (κ1) is 17.4. The Morgan fingerprint density at radius 2 is 2.08 bits per heavy atom. The first-order valence-electron chi connectivity index (χ1n) is 7.98. The summed E-state index contributed by atoms with van der Waals surface area (Å²) in [5.41, 5.74) is 5.65. The van der Waals surface area contributed by atoms with E-state index in [0.29, 0.717) is 30.8 Å². The van der Waals surface area contributed by atoms with E-state index in [0.717, 1.165) is 0 Å². The number of carbonyl (C=O) groups excluding carboxylic acids is 2. The fraction of sp³-hybridized carbons (Fsp3) is 0.438. The van der Waals surface area contributed by atoms with Gasteiger partial charge in [0.1, 0.15) is 4.90 Å². The third-order valence-electron chi connectivity index (χ3n) is 4.36. The predicted molar refractivity (Wildman–Crippen MR) is 89.2 cm³/mol. The van der Waals surface area contributed by atoms with Gasteiger partial charge in [-0.3, -0.25) is 9.59 Å². The molecule has 1 aromatic rings. The number of sulfonamides is 1. The molecule has 0 saturated carbocycles. The molecule has 0 radical (unpaired) electrons. The molecule has 2 heterocycles. The number of nitrogens with two attached hydrogens (primary N) is 1. The van der Waals surface area contributed by atoms with E-state index >= 15 is 0 Å². The van der Waals surface area contributed by atoms with E-state index in [-0.39, 0.29) is 11.4 Å². The van der Waals surface area contributed by atoms with E-state index in [1.54, 1.807) is 23.1 Å². The van der Waals surface area contributed by atoms with Gasteiger partial charge in [-0.25, -0.2) is 0 Å². The van der Waals surface area contributed by atoms with Crippen LogP contribution < -0.4 is 5.73 Å². The van der Waals surface area contributed by atoms with Crippen LogP contribution in [-0.2, 0) is 24.3 Å². The van der Waals surface area contributed by atoms with Crippen molar-refractivity contribution in [2.24, 2.45) is 16.0 Å². The average molecular weight is 365 g/mol. The van der Waals surface area contributed by atoms with Crippen LogP contribution in [0.2, 0.25) is 0 Å². The highest BCUT2D eigenvalue weighted by Crippen LogP contribution is 2.30. The molecule has 2 N–H and O–H groups in total. The molecular formula is C16H19N3O5S. The van der Waals surface area contributed by atoms with Gasteiger partial charge < -0.3 is 15.4 Å². The first-order valence-corrected chi connectivity index (χ1v) is 9.43. The van der Waals surface area contributed by atoms with Gasteiger partial charge in [-0.1, -0.05) is 12.1 Å². The van der Waals surface area contributed by atoms with E-state index in [1.165, 1.54) is 13.0 Å². The Labute approximate surface area is 145 Å². The molecule has 0 unspecified atom stereocenters. The third-order valence-corrected chi connectivity index (χ3v) is 5.69. The van der Waals surface area contributed by atoms with Gasteiger partial charge in [0.05, 0.1) is 5.92 Å². The number of hydrogen-bond donors (Lipinski definition) is 1. The van der Waals surface area contributed by atoms with E-state index in [2.05, 4.69) is 4.40 Å². The fourth-order valence-corrected chi connectivity index (χ4v) is 4.23. The summed E-state index contributed by atoms with van der Waals surface area (Å²) in [6.07, 6.45) is 0.293. The van der Waals surface area contributed by atoms with Crippen LogP contribution in [0.15, 0.2) is 33.6 Å². The van der Waals surface area contributed by atoms with E-state index < -0.39 is 33.9 Å². The summed E-state index contributed by atoms with van der Waals surface area (Å²) in [6, 6.07) is 6.62. The van der Waals surface area contributed by atoms with Gasteiger partial charge in [0.2, 0.25) is 0 Å². The Morgan fingerprint density at radius 1 is 1.36 bits per heavy atom.